The second kappa shape index (κ2) is 4.79. The zero-order valence-electron chi connectivity index (χ0n) is 10.3. The van der Waals surface area contributed by atoms with Crippen molar-refractivity contribution in [3.8, 4) is 0 Å². The predicted octanol–water partition coefficient (Wildman–Crippen LogP) is 0.619. The molecule has 1 aromatic rings. The van der Waals surface area contributed by atoms with E-state index in [4.69, 9.17) is 5.73 Å². The topological polar surface area (TPSA) is 72.1 Å². The minimum Gasteiger partial charge on any atom is -0.332 e. The second-order valence-electron chi connectivity index (χ2n) is 4.54. The van der Waals surface area contributed by atoms with Crippen LogP contribution >= 0.6 is 0 Å². The van der Waals surface area contributed by atoms with Crippen LogP contribution in [-0.4, -0.2) is 26.8 Å². The van der Waals surface area contributed by atoms with Crippen molar-refractivity contribution < 1.29 is 4.79 Å². The number of hydrogen-bond donors (Lipinski definition) is 1. The lowest BCUT2D eigenvalue weighted by molar-refractivity contribution is -0.132. The first kappa shape index (κ1) is 12.0. The summed E-state index contributed by atoms with van der Waals surface area (Å²) >= 11 is 0. The van der Waals surface area contributed by atoms with Gasteiger partial charge in [-0.1, -0.05) is 6.92 Å². The minimum absolute atomic E-state index is 0.0936. The Bertz CT molecular complexity index is 431. The molecule has 2 rings (SSSR count). The SMILES string of the molecule is CCc1ncc2c(n1)CN(C(=O)C[C@@H](C)N)C2. The van der Waals surface area contributed by atoms with Gasteiger partial charge in [-0.3, -0.25) is 4.79 Å². The first-order valence-electron chi connectivity index (χ1n) is 5.97. The molecule has 17 heavy (non-hydrogen) atoms. The lowest BCUT2D eigenvalue weighted by atomic mass is 10.2. The van der Waals surface area contributed by atoms with E-state index < -0.39 is 0 Å². The summed E-state index contributed by atoms with van der Waals surface area (Å²) in [6.07, 6.45) is 3.05. The van der Waals surface area contributed by atoms with Gasteiger partial charge in [0.25, 0.3) is 0 Å². The van der Waals surface area contributed by atoms with Crippen molar-refractivity contribution in [1.29, 1.82) is 0 Å². The Morgan fingerprint density at radius 2 is 2.35 bits per heavy atom. The molecule has 1 aromatic heterocycles. The van der Waals surface area contributed by atoms with E-state index in [0.29, 0.717) is 19.5 Å². The van der Waals surface area contributed by atoms with Crippen LogP contribution in [0.4, 0.5) is 0 Å². The molecule has 0 aromatic carbocycles. The standard InChI is InChI=1S/C12H18N4O/c1-3-11-14-5-9-6-16(7-10(9)15-11)12(17)4-8(2)13/h5,8H,3-4,6-7,13H2,1-2H3/t8-/m1/s1. The number of carbonyl (C=O) groups is 1. The summed E-state index contributed by atoms with van der Waals surface area (Å²) in [5.74, 6) is 0.932. The van der Waals surface area contributed by atoms with Crippen molar-refractivity contribution >= 4 is 5.91 Å². The van der Waals surface area contributed by atoms with Crippen molar-refractivity contribution in [3.63, 3.8) is 0 Å². The molecule has 5 nitrogen and oxygen atoms in total. The maximum atomic E-state index is 11.9. The van der Waals surface area contributed by atoms with Gasteiger partial charge in [0.1, 0.15) is 5.82 Å². The van der Waals surface area contributed by atoms with Crippen molar-refractivity contribution in [3.05, 3.63) is 23.3 Å². The third-order valence-electron chi connectivity index (χ3n) is 2.87. The number of aryl methyl sites for hydroxylation is 1. The largest absolute Gasteiger partial charge is 0.332 e. The Kier molecular flexibility index (Phi) is 3.38. The Labute approximate surface area is 101 Å². The highest BCUT2D eigenvalue weighted by molar-refractivity contribution is 5.77. The number of carbonyl (C=O) groups excluding carboxylic acids is 1. The van der Waals surface area contributed by atoms with Crippen LogP contribution in [0, 0.1) is 0 Å². The molecule has 0 saturated heterocycles. The molecule has 0 spiro atoms. The van der Waals surface area contributed by atoms with Gasteiger partial charge in [-0.05, 0) is 6.92 Å². The average Bonchev–Trinajstić information content (AvgIpc) is 2.70. The third-order valence-corrected chi connectivity index (χ3v) is 2.87. The molecule has 5 heteroatoms. The molecule has 0 aliphatic carbocycles. The van der Waals surface area contributed by atoms with E-state index in [1.165, 1.54) is 0 Å². The molecule has 0 fully saturated rings. The van der Waals surface area contributed by atoms with Gasteiger partial charge in [-0.15, -0.1) is 0 Å². The van der Waals surface area contributed by atoms with Crippen LogP contribution in [0.3, 0.4) is 0 Å². The second-order valence-corrected chi connectivity index (χ2v) is 4.54. The van der Waals surface area contributed by atoms with Gasteiger partial charge in [0.2, 0.25) is 5.91 Å². The number of hydrogen-bond acceptors (Lipinski definition) is 4. The van der Waals surface area contributed by atoms with Crippen LogP contribution in [0.15, 0.2) is 6.20 Å². The van der Waals surface area contributed by atoms with E-state index in [1.54, 1.807) is 4.90 Å². The number of nitrogens with two attached hydrogens (primary N) is 1. The van der Waals surface area contributed by atoms with Gasteiger partial charge < -0.3 is 10.6 Å². The zero-order valence-corrected chi connectivity index (χ0v) is 10.3. The van der Waals surface area contributed by atoms with Gasteiger partial charge in [0, 0.05) is 37.2 Å². The number of aromatic nitrogens is 2. The van der Waals surface area contributed by atoms with Crippen LogP contribution in [-0.2, 0) is 24.3 Å². The first-order valence-corrected chi connectivity index (χ1v) is 5.97. The third kappa shape index (κ3) is 2.61. The molecular weight excluding hydrogens is 216 g/mol. The molecule has 92 valence electrons. The Balaban J connectivity index is 2.08. The summed E-state index contributed by atoms with van der Waals surface area (Å²) in [6, 6.07) is -0.0940. The highest BCUT2D eigenvalue weighted by atomic mass is 16.2. The predicted molar refractivity (Wildman–Crippen MR) is 63.9 cm³/mol. The smallest absolute Gasteiger partial charge is 0.224 e. The first-order chi connectivity index (χ1) is 8.10. The van der Waals surface area contributed by atoms with Crippen LogP contribution in [0.1, 0.15) is 37.4 Å². The fraction of sp³-hybridized carbons (Fsp3) is 0.583. The quantitative estimate of drug-likeness (QED) is 0.832. The fourth-order valence-electron chi connectivity index (χ4n) is 1.95. The molecule has 1 amide bonds. The number of rotatable bonds is 3. The zero-order chi connectivity index (χ0) is 12.4. The molecule has 1 aliphatic rings. The summed E-state index contributed by atoms with van der Waals surface area (Å²) in [5.41, 5.74) is 7.67. The van der Waals surface area contributed by atoms with E-state index in [0.717, 1.165) is 23.5 Å². The van der Waals surface area contributed by atoms with Crippen LogP contribution < -0.4 is 5.73 Å². The van der Waals surface area contributed by atoms with Crippen LogP contribution in [0.5, 0.6) is 0 Å². The van der Waals surface area contributed by atoms with Crippen molar-refractivity contribution in [2.24, 2.45) is 5.73 Å². The highest BCUT2D eigenvalue weighted by Crippen LogP contribution is 2.21. The molecule has 0 bridgehead atoms. The van der Waals surface area contributed by atoms with Crippen molar-refractivity contribution in [1.82, 2.24) is 14.9 Å². The molecule has 2 heterocycles. The summed E-state index contributed by atoms with van der Waals surface area (Å²) < 4.78 is 0. The Morgan fingerprint density at radius 3 is 3.00 bits per heavy atom. The minimum atomic E-state index is -0.0940. The highest BCUT2D eigenvalue weighted by Gasteiger charge is 2.25. The Hall–Kier alpha value is -1.49. The molecule has 0 saturated carbocycles. The van der Waals surface area contributed by atoms with E-state index in [9.17, 15) is 4.79 Å². The van der Waals surface area contributed by atoms with Crippen LogP contribution in [0.2, 0.25) is 0 Å². The lowest BCUT2D eigenvalue weighted by Crippen LogP contribution is -2.31. The number of fused-ring (bicyclic) bond motifs is 1. The maximum absolute atomic E-state index is 11.9. The van der Waals surface area contributed by atoms with E-state index in [2.05, 4.69) is 9.97 Å². The van der Waals surface area contributed by atoms with E-state index in [1.807, 2.05) is 20.0 Å². The normalized spacial score (nSPS) is 15.8. The lowest BCUT2D eigenvalue weighted by Gasteiger charge is -2.16. The summed E-state index contributed by atoms with van der Waals surface area (Å²) in [6.45, 7) is 5.08. The molecular formula is C12H18N4O. The molecule has 0 radical (unpaired) electrons. The molecule has 0 unspecified atom stereocenters. The van der Waals surface area contributed by atoms with Gasteiger partial charge in [-0.2, -0.15) is 0 Å². The Morgan fingerprint density at radius 1 is 1.59 bits per heavy atom. The molecule has 1 atom stereocenters. The average molecular weight is 234 g/mol. The van der Waals surface area contributed by atoms with Gasteiger partial charge in [0.15, 0.2) is 0 Å². The molecule has 2 N–H and O–H groups in total. The van der Waals surface area contributed by atoms with Crippen molar-refractivity contribution in [2.45, 2.75) is 45.8 Å². The fourth-order valence-corrected chi connectivity index (χ4v) is 1.95. The van der Waals surface area contributed by atoms with Crippen molar-refractivity contribution in [2.75, 3.05) is 0 Å². The van der Waals surface area contributed by atoms with Crippen LogP contribution in [0.25, 0.3) is 0 Å². The van der Waals surface area contributed by atoms with E-state index in [-0.39, 0.29) is 11.9 Å². The monoisotopic (exact) mass is 234 g/mol. The van der Waals surface area contributed by atoms with Gasteiger partial charge >= 0.3 is 0 Å². The summed E-state index contributed by atoms with van der Waals surface area (Å²) in [5, 5.41) is 0. The van der Waals surface area contributed by atoms with E-state index >= 15 is 0 Å². The van der Waals surface area contributed by atoms with Gasteiger partial charge in [0.05, 0.1) is 12.2 Å². The maximum Gasteiger partial charge on any atom is 0.224 e. The number of amides is 1. The number of nitrogens with zero attached hydrogens (tertiary/aromatic N) is 3. The summed E-state index contributed by atoms with van der Waals surface area (Å²) in [7, 11) is 0. The molecule has 1 aliphatic heterocycles. The van der Waals surface area contributed by atoms with Gasteiger partial charge in [-0.25, -0.2) is 9.97 Å². The summed E-state index contributed by atoms with van der Waals surface area (Å²) in [4.78, 5) is 22.4.